The fourth-order valence-corrected chi connectivity index (χ4v) is 5.23. The summed E-state index contributed by atoms with van der Waals surface area (Å²) in [6.45, 7) is 6.09. The van der Waals surface area contributed by atoms with E-state index in [0.29, 0.717) is 6.04 Å². The third kappa shape index (κ3) is 4.60. The van der Waals surface area contributed by atoms with E-state index in [0.717, 1.165) is 6.04 Å². The van der Waals surface area contributed by atoms with Gasteiger partial charge < -0.3 is 9.80 Å². The number of fused-ring (bicyclic) bond motifs is 1. The number of rotatable bonds is 8. The maximum absolute atomic E-state index is 2.79. The molecule has 1 unspecified atom stereocenters. The highest BCUT2D eigenvalue weighted by Gasteiger charge is 2.28. The van der Waals surface area contributed by atoms with Crippen LogP contribution in [0.1, 0.15) is 56.6 Å². The van der Waals surface area contributed by atoms with Crippen molar-refractivity contribution >= 4 is 5.69 Å². The minimum absolute atomic E-state index is 0.604. The van der Waals surface area contributed by atoms with Crippen molar-refractivity contribution in [2.75, 3.05) is 24.5 Å². The van der Waals surface area contributed by atoms with Gasteiger partial charge in [0.2, 0.25) is 0 Å². The summed E-state index contributed by atoms with van der Waals surface area (Å²) in [5.74, 6) is 0. The second kappa shape index (κ2) is 9.60. The van der Waals surface area contributed by atoms with Gasteiger partial charge in [-0.25, -0.2) is 0 Å². The van der Waals surface area contributed by atoms with E-state index in [4.69, 9.17) is 0 Å². The molecule has 1 saturated heterocycles. The molecule has 0 amide bonds. The average molecular weight is 377 g/mol. The van der Waals surface area contributed by atoms with Gasteiger partial charge in [0, 0.05) is 24.3 Å². The molecule has 0 N–H and O–H groups in total. The van der Waals surface area contributed by atoms with Crippen molar-refractivity contribution in [3.8, 4) is 0 Å². The van der Waals surface area contributed by atoms with Crippen molar-refractivity contribution in [2.45, 2.75) is 70.4 Å². The van der Waals surface area contributed by atoms with Crippen molar-refractivity contribution in [2.24, 2.45) is 0 Å². The van der Waals surface area contributed by atoms with E-state index in [2.05, 4.69) is 71.3 Å². The number of hydrogen-bond acceptors (Lipinski definition) is 2. The van der Waals surface area contributed by atoms with Gasteiger partial charge in [0.25, 0.3) is 0 Å². The number of likely N-dealkylation sites (tertiary alicyclic amines) is 1. The first-order chi connectivity index (χ1) is 13.8. The lowest BCUT2D eigenvalue weighted by atomic mass is 9.98. The second-order valence-electron chi connectivity index (χ2n) is 8.69. The molecule has 1 aliphatic carbocycles. The van der Waals surface area contributed by atoms with Crippen LogP contribution in [-0.2, 0) is 12.8 Å². The standard InChI is InChI=1S/C26H36N2/c1-2-3-17-27-18-10-9-13-24(27)16-19-28(25-14-5-4-6-15-25)26-20-22-11-7-8-12-23(22)21-26/h4-8,11-12,14-15,24,26H,2-3,9-10,13,16-21H2,1H3. The van der Waals surface area contributed by atoms with Gasteiger partial charge in [-0.1, -0.05) is 62.2 Å². The SMILES string of the molecule is CCCCN1CCCCC1CCN(c1ccccc1)C1Cc2ccccc2C1. The predicted octanol–water partition coefficient (Wildman–Crippen LogP) is 5.71. The molecule has 1 heterocycles. The smallest absolute Gasteiger partial charge is 0.0370 e. The van der Waals surface area contributed by atoms with Crippen LogP contribution in [0.15, 0.2) is 54.6 Å². The third-order valence-corrected chi connectivity index (χ3v) is 6.81. The highest BCUT2D eigenvalue weighted by atomic mass is 15.2. The maximum atomic E-state index is 2.79. The Morgan fingerprint density at radius 1 is 0.929 bits per heavy atom. The van der Waals surface area contributed by atoms with E-state index in [1.807, 2.05) is 0 Å². The summed E-state index contributed by atoms with van der Waals surface area (Å²) in [4.78, 5) is 5.51. The molecule has 1 atom stereocenters. The van der Waals surface area contributed by atoms with E-state index >= 15 is 0 Å². The lowest BCUT2D eigenvalue weighted by Gasteiger charge is -2.38. The van der Waals surface area contributed by atoms with Crippen LogP contribution in [0.25, 0.3) is 0 Å². The molecular formula is C26H36N2. The summed E-state index contributed by atoms with van der Waals surface area (Å²) in [7, 11) is 0. The number of piperidine rings is 1. The molecular weight excluding hydrogens is 340 g/mol. The summed E-state index contributed by atoms with van der Waals surface area (Å²) in [5, 5.41) is 0. The molecule has 4 rings (SSSR count). The highest BCUT2D eigenvalue weighted by molar-refractivity contribution is 5.49. The summed E-state index contributed by atoms with van der Waals surface area (Å²) >= 11 is 0. The van der Waals surface area contributed by atoms with Gasteiger partial charge in [-0.15, -0.1) is 0 Å². The highest BCUT2D eigenvalue weighted by Crippen LogP contribution is 2.30. The molecule has 1 fully saturated rings. The Bertz CT molecular complexity index is 701. The Balaban J connectivity index is 1.46. The van der Waals surface area contributed by atoms with Crippen LogP contribution < -0.4 is 4.90 Å². The number of nitrogens with zero attached hydrogens (tertiary/aromatic N) is 2. The van der Waals surface area contributed by atoms with Crippen molar-refractivity contribution in [1.82, 2.24) is 4.90 Å². The molecule has 0 bridgehead atoms. The molecule has 2 aliphatic rings. The van der Waals surface area contributed by atoms with E-state index in [9.17, 15) is 0 Å². The molecule has 0 spiro atoms. The molecule has 0 saturated carbocycles. The Kier molecular flexibility index (Phi) is 6.69. The Hall–Kier alpha value is -1.80. The number of unbranched alkanes of at least 4 members (excludes halogenated alkanes) is 1. The quantitative estimate of drug-likeness (QED) is 0.582. The molecule has 2 nitrogen and oxygen atoms in total. The number of benzene rings is 2. The molecule has 2 heteroatoms. The number of anilines is 1. The first-order valence-electron chi connectivity index (χ1n) is 11.5. The normalized spacial score (nSPS) is 20.2. The van der Waals surface area contributed by atoms with E-state index in [-0.39, 0.29) is 0 Å². The topological polar surface area (TPSA) is 6.48 Å². The van der Waals surface area contributed by atoms with Gasteiger partial charge >= 0.3 is 0 Å². The molecule has 1 aliphatic heterocycles. The Morgan fingerprint density at radius 2 is 1.64 bits per heavy atom. The lowest BCUT2D eigenvalue weighted by Crippen LogP contribution is -2.44. The van der Waals surface area contributed by atoms with Crippen LogP contribution in [0.4, 0.5) is 5.69 Å². The third-order valence-electron chi connectivity index (χ3n) is 6.81. The molecule has 0 aromatic heterocycles. The van der Waals surface area contributed by atoms with Gasteiger partial charge in [0.05, 0.1) is 0 Å². The zero-order valence-electron chi connectivity index (χ0n) is 17.5. The second-order valence-corrected chi connectivity index (χ2v) is 8.69. The summed E-state index contributed by atoms with van der Waals surface area (Å²) in [5.41, 5.74) is 4.50. The van der Waals surface area contributed by atoms with Crippen LogP contribution >= 0.6 is 0 Å². The number of hydrogen-bond donors (Lipinski definition) is 0. The van der Waals surface area contributed by atoms with E-state index < -0.39 is 0 Å². The van der Waals surface area contributed by atoms with Crippen LogP contribution in [0.5, 0.6) is 0 Å². The first-order valence-corrected chi connectivity index (χ1v) is 11.5. The van der Waals surface area contributed by atoms with Crippen LogP contribution in [0, 0.1) is 0 Å². The summed E-state index contributed by atoms with van der Waals surface area (Å²) < 4.78 is 0. The van der Waals surface area contributed by atoms with Crippen molar-refractivity contribution in [3.05, 3.63) is 65.7 Å². The lowest BCUT2D eigenvalue weighted by molar-refractivity contribution is 0.139. The van der Waals surface area contributed by atoms with Gasteiger partial charge in [0.15, 0.2) is 0 Å². The van der Waals surface area contributed by atoms with Crippen molar-refractivity contribution in [3.63, 3.8) is 0 Å². The predicted molar refractivity (Wildman–Crippen MR) is 120 cm³/mol. The van der Waals surface area contributed by atoms with Crippen molar-refractivity contribution < 1.29 is 0 Å². The fourth-order valence-electron chi connectivity index (χ4n) is 5.23. The van der Waals surface area contributed by atoms with Gasteiger partial charge in [0.1, 0.15) is 0 Å². The average Bonchev–Trinajstić information content (AvgIpc) is 3.18. The minimum atomic E-state index is 0.604. The van der Waals surface area contributed by atoms with Gasteiger partial charge in [-0.05, 0) is 74.9 Å². The van der Waals surface area contributed by atoms with Crippen LogP contribution in [-0.4, -0.2) is 36.6 Å². The summed E-state index contributed by atoms with van der Waals surface area (Å²) in [6, 6.07) is 21.6. The Morgan fingerprint density at radius 3 is 2.36 bits per heavy atom. The zero-order valence-corrected chi connectivity index (χ0v) is 17.5. The van der Waals surface area contributed by atoms with Gasteiger partial charge in [-0.3, -0.25) is 0 Å². The van der Waals surface area contributed by atoms with Crippen molar-refractivity contribution in [1.29, 1.82) is 0 Å². The first kappa shape index (κ1) is 19.5. The molecule has 2 aromatic rings. The fraction of sp³-hybridized carbons (Fsp3) is 0.538. The van der Waals surface area contributed by atoms with Crippen LogP contribution in [0.2, 0.25) is 0 Å². The zero-order chi connectivity index (χ0) is 19.2. The monoisotopic (exact) mass is 376 g/mol. The number of para-hydroxylation sites is 1. The molecule has 0 radical (unpaired) electrons. The maximum Gasteiger partial charge on any atom is 0.0370 e. The Labute approximate surface area is 171 Å². The minimum Gasteiger partial charge on any atom is -0.368 e. The van der Waals surface area contributed by atoms with E-state index in [1.54, 1.807) is 11.1 Å². The van der Waals surface area contributed by atoms with Crippen LogP contribution in [0.3, 0.4) is 0 Å². The molecule has 150 valence electrons. The molecule has 28 heavy (non-hydrogen) atoms. The van der Waals surface area contributed by atoms with E-state index in [1.165, 1.54) is 76.7 Å². The van der Waals surface area contributed by atoms with Gasteiger partial charge in [-0.2, -0.15) is 0 Å². The summed E-state index contributed by atoms with van der Waals surface area (Å²) in [6.07, 6.45) is 10.5. The molecule has 2 aromatic carbocycles. The largest absolute Gasteiger partial charge is 0.368 e.